The molecule has 1 amide bonds. The van der Waals surface area contributed by atoms with Gasteiger partial charge in [-0.1, -0.05) is 22.0 Å². The highest BCUT2D eigenvalue weighted by Gasteiger charge is 2.28. The summed E-state index contributed by atoms with van der Waals surface area (Å²) >= 11 is 3.40. The van der Waals surface area contributed by atoms with E-state index in [1.807, 2.05) is 45.0 Å². The number of benzene rings is 1. The topological polar surface area (TPSA) is 48.0 Å². The van der Waals surface area contributed by atoms with Crippen LogP contribution in [0.4, 0.5) is 4.79 Å². The smallest absolute Gasteiger partial charge is 0.410 e. The third-order valence-electron chi connectivity index (χ3n) is 3.02. The zero-order valence-electron chi connectivity index (χ0n) is 13.2. The summed E-state index contributed by atoms with van der Waals surface area (Å²) in [6.45, 7) is 7.49. The molecule has 1 aliphatic rings. The van der Waals surface area contributed by atoms with Crippen molar-refractivity contribution in [2.45, 2.75) is 32.5 Å². The molecule has 1 aromatic rings. The first-order valence-electron chi connectivity index (χ1n) is 7.31. The number of carbonyl (C=O) groups excluding carboxylic acids is 1. The second-order valence-electron chi connectivity index (χ2n) is 6.19. The van der Waals surface area contributed by atoms with Crippen LogP contribution in [0.5, 0.6) is 5.75 Å². The van der Waals surface area contributed by atoms with Crippen molar-refractivity contribution < 1.29 is 19.0 Å². The molecule has 0 radical (unpaired) electrons. The number of halogens is 1. The first-order valence-corrected chi connectivity index (χ1v) is 8.11. The fourth-order valence-corrected chi connectivity index (χ4v) is 2.44. The van der Waals surface area contributed by atoms with Crippen LogP contribution < -0.4 is 4.74 Å². The summed E-state index contributed by atoms with van der Waals surface area (Å²) < 4.78 is 17.7. The molecule has 0 bridgehead atoms. The van der Waals surface area contributed by atoms with Crippen molar-refractivity contribution in [1.82, 2.24) is 4.90 Å². The molecule has 0 spiro atoms. The highest BCUT2D eigenvalue weighted by Crippen LogP contribution is 2.19. The Bertz CT molecular complexity index is 515. The Morgan fingerprint density at radius 2 is 2.23 bits per heavy atom. The fourth-order valence-electron chi connectivity index (χ4n) is 2.06. The number of hydrogen-bond acceptors (Lipinski definition) is 4. The van der Waals surface area contributed by atoms with E-state index in [2.05, 4.69) is 15.9 Å². The minimum atomic E-state index is -0.488. The zero-order valence-corrected chi connectivity index (χ0v) is 14.8. The van der Waals surface area contributed by atoms with Crippen molar-refractivity contribution in [3.63, 3.8) is 0 Å². The minimum Gasteiger partial charge on any atom is -0.491 e. The number of rotatable bonds is 3. The number of hydrogen-bond donors (Lipinski definition) is 0. The maximum absolute atomic E-state index is 12.1. The van der Waals surface area contributed by atoms with E-state index in [4.69, 9.17) is 14.2 Å². The molecule has 2 rings (SSSR count). The van der Waals surface area contributed by atoms with Gasteiger partial charge in [0.05, 0.1) is 13.2 Å². The van der Waals surface area contributed by atoms with Gasteiger partial charge in [0.1, 0.15) is 24.1 Å². The van der Waals surface area contributed by atoms with Gasteiger partial charge in [0, 0.05) is 11.0 Å². The predicted octanol–water partition coefficient (Wildman–Crippen LogP) is 3.46. The van der Waals surface area contributed by atoms with Crippen molar-refractivity contribution >= 4 is 22.0 Å². The van der Waals surface area contributed by atoms with E-state index < -0.39 is 5.60 Å². The quantitative estimate of drug-likeness (QED) is 0.815. The van der Waals surface area contributed by atoms with Crippen LogP contribution in [0.3, 0.4) is 0 Å². The maximum atomic E-state index is 12.1. The third kappa shape index (κ3) is 5.50. The Hall–Kier alpha value is -1.27. The molecule has 0 unspecified atom stereocenters. The van der Waals surface area contributed by atoms with Crippen LogP contribution in [0.1, 0.15) is 20.8 Å². The lowest BCUT2D eigenvalue weighted by Gasteiger charge is -2.34. The van der Waals surface area contributed by atoms with Gasteiger partial charge in [-0.05, 0) is 39.0 Å². The summed E-state index contributed by atoms with van der Waals surface area (Å²) in [5, 5.41) is 0. The second kappa shape index (κ2) is 7.33. The fraction of sp³-hybridized carbons (Fsp3) is 0.562. The predicted molar refractivity (Wildman–Crippen MR) is 87.2 cm³/mol. The molecule has 1 aliphatic heterocycles. The van der Waals surface area contributed by atoms with E-state index in [1.165, 1.54) is 0 Å². The van der Waals surface area contributed by atoms with Crippen molar-refractivity contribution in [1.29, 1.82) is 0 Å². The van der Waals surface area contributed by atoms with Gasteiger partial charge < -0.3 is 19.1 Å². The number of morpholine rings is 1. The molecule has 0 aromatic heterocycles. The lowest BCUT2D eigenvalue weighted by Crippen LogP contribution is -2.49. The van der Waals surface area contributed by atoms with Crippen LogP contribution in [0.15, 0.2) is 28.7 Å². The molecule has 1 aromatic carbocycles. The Morgan fingerprint density at radius 3 is 2.91 bits per heavy atom. The molecule has 1 fully saturated rings. The average molecular weight is 372 g/mol. The highest BCUT2D eigenvalue weighted by atomic mass is 79.9. The lowest BCUT2D eigenvalue weighted by molar-refractivity contribution is -0.0557. The monoisotopic (exact) mass is 371 g/mol. The van der Waals surface area contributed by atoms with Gasteiger partial charge in [-0.15, -0.1) is 0 Å². The van der Waals surface area contributed by atoms with Crippen molar-refractivity contribution in [3.05, 3.63) is 28.7 Å². The summed E-state index contributed by atoms with van der Waals surface area (Å²) in [4.78, 5) is 13.7. The van der Waals surface area contributed by atoms with Crippen LogP contribution in [-0.2, 0) is 9.47 Å². The van der Waals surface area contributed by atoms with E-state index in [0.717, 1.165) is 10.2 Å². The molecule has 1 atom stereocenters. The number of ether oxygens (including phenoxy) is 3. The molecule has 5 nitrogen and oxygen atoms in total. The molecular formula is C16H22BrNO4. The van der Waals surface area contributed by atoms with E-state index in [-0.39, 0.29) is 12.2 Å². The van der Waals surface area contributed by atoms with Gasteiger partial charge in [0.15, 0.2) is 0 Å². The summed E-state index contributed by atoms with van der Waals surface area (Å²) in [7, 11) is 0. The van der Waals surface area contributed by atoms with Gasteiger partial charge in [0.25, 0.3) is 0 Å². The SMILES string of the molecule is CC(C)(C)OC(=O)N1CCO[C@@H](COc2cccc(Br)c2)C1. The summed E-state index contributed by atoms with van der Waals surface area (Å²) in [6.07, 6.45) is -0.455. The minimum absolute atomic E-state index is 0.153. The van der Waals surface area contributed by atoms with Crippen LogP contribution in [0.2, 0.25) is 0 Å². The Kier molecular flexibility index (Phi) is 5.69. The average Bonchev–Trinajstić information content (AvgIpc) is 2.44. The van der Waals surface area contributed by atoms with E-state index in [9.17, 15) is 4.79 Å². The highest BCUT2D eigenvalue weighted by molar-refractivity contribution is 9.10. The molecule has 1 saturated heterocycles. The summed E-state index contributed by atoms with van der Waals surface area (Å²) in [5.74, 6) is 0.771. The van der Waals surface area contributed by atoms with Crippen molar-refractivity contribution in [3.8, 4) is 5.75 Å². The summed E-state index contributed by atoms with van der Waals surface area (Å²) in [5.41, 5.74) is -0.488. The summed E-state index contributed by atoms with van der Waals surface area (Å²) in [6, 6.07) is 7.63. The second-order valence-corrected chi connectivity index (χ2v) is 7.10. The normalized spacial score (nSPS) is 18.9. The zero-order chi connectivity index (χ0) is 16.2. The molecule has 6 heteroatoms. The molecule has 22 heavy (non-hydrogen) atoms. The molecule has 122 valence electrons. The van der Waals surface area contributed by atoms with Crippen molar-refractivity contribution in [2.75, 3.05) is 26.3 Å². The van der Waals surface area contributed by atoms with Crippen molar-refractivity contribution in [2.24, 2.45) is 0 Å². The third-order valence-corrected chi connectivity index (χ3v) is 3.52. The van der Waals surface area contributed by atoms with Gasteiger partial charge in [-0.2, -0.15) is 0 Å². The first-order chi connectivity index (χ1) is 10.3. The van der Waals surface area contributed by atoms with E-state index in [0.29, 0.717) is 26.3 Å². The maximum Gasteiger partial charge on any atom is 0.410 e. The largest absolute Gasteiger partial charge is 0.491 e. The van der Waals surface area contributed by atoms with Crippen LogP contribution in [-0.4, -0.2) is 49.0 Å². The molecule has 1 heterocycles. The lowest BCUT2D eigenvalue weighted by atomic mass is 10.2. The molecule has 0 N–H and O–H groups in total. The first kappa shape index (κ1) is 17.1. The Balaban J connectivity index is 1.84. The van der Waals surface area contributed by atoms with Gasteiger partial charge in [-0.3, -0.25) is 0 Å². The number of carbonyl (C=O) groups is 1. The standard InChI is InChI=1S/C16H22BrNO4/c1-16(2,3)22-15(19)18-7-8-20-14(10-18)11-21-13-6-4-5-12(17)9-13/h4-6,9,14H,7-8,10-11H2,1-3H3/t14-/m1/s1. The molecular weight excluding hydrogens is 350 g/mol. The Morgan fingerprint density at radius 1 is 1.45 bits per heavy atom. The number of amides is 1. The van der Waals surface area contributed by atoms with Crippen LogP contribution >= 0.6 is 15.9 Å². The molecule has 0 saturated carbocycles. The Labute approximate surface area is 139 Å². The van der Waals surface area contributed by atoms with E-state index >= 15 is 0 Å². The van der Waals surface area contributed by atoms with Crippen LogP contribution in [0, 0.1) is 0 Å². The molecule has 0 aliphatic carbocycles. The van der Waals surface area contributed by atoms with Gasteiger partial charge in [0.2, 0.25) is 0 Å². The van der Waals surface area contributed by atoms with Crippen LogP contribution in [0.25, 0.3) is 0 Å². The number of nitrogens with zero attached hydrogens (tertiary/aromatic N) is 1. The van der Waals surface area contributed by atoms with E-state index in [1.54, 1.807) is 4.90 Å². The van der Waals surface area contributed by atoms with Gasteiger partial charge >= 0.3 is 6.09 Å². The van der Waals surface area contributed by atoms with Gasteiger partial charge in [-0.25, -0.2) is 4.79 Å².